The van der Waals surface area contributed by atoms with E-state index in [4.69, 9.17) is 4.98 Å². The monoisotopic (exact) mass is 233 g/mol. The largest absolute Gasteiger partial charge is 0.248 e. The summed E-state index contributed by atoms with van der Waals surface area (Å²) in [5.41, 5.74) is 3.54. The number of para-hydroxylation sites is 2. The number of hydrogen-bond donors (Lipinski definition) is 0. The van der Waals surface area contributed by atoms with Gasteiger partial charge in [0.25, 0.3) is 0 Å². The molecular weight excluding hydrogens is 218 g/mol. The van der Waals surface area contributed by atoms with Gasteiger partial charge in [-0.25, -0.2) is 4.98 Å². The molecule has 0 amide bonds. The van der Waals surface area contributed by atoms with Crippen LogP contribution in [0.1, 0.15) is 12.0 Å². The van der Waals surface area contributed by atoms with Crippen LogP contribution in [0.25, 0.3) is 21.8 Å². The van der Waals surface area contributed by atoms with Gasteiger partial charge in [-0.3, -0.25) is 0 Å². The van der Waals surface area contributed by atoms with Gasteiger partial charge in [0.15, 0.2) is 0 Å². The number of aromatic nitrogens is 1. The van der Waals surface area contributed by atoms with E-state index >= 15 is 0 Å². The minimum atomic E-state index is 0.998. The Morgan fingerprint density at radius 1 is 0.889 bits per heavy atom. The van der Waals surface area contributed by atoms with Crippen LogP contribution in [0.3, 0.4) is 0 Å². The Labute approximate surface area is 107 Å². The molecule has 0 aliphatic heterocycles. The molecule has 0 atom stereocenters. The summed E-state index contributed by atoms with van der Waals surface area (Å²) in [6.45, 7) is 3.82. The maximum absolute atomic E-state index is 4.72. The van der Waals surface area contributed by atoms with Crippen molar-refractivity contribution in [1.82, 2.24) is 4.98 Å². The lowest BCUT2D eigenvalue weighted by Crippen LogP contribution is -1.92. The topological polar surface area (TPSA) is 12.9 Å². The summed E-state index contributed by atoms with van der Waals surface area (Å²) in [5.74, 6) is 0. The van der Waals surface area contributed by atoms with Gasteiger partial charge >= 0.3 is 0 Å². The fourth-order valence-corrected chi connectivity index (χ4v) is 2.44. The van der Waals surface area contributed by atoms with Gasteiger partial charge in [0, 0.05) is 10.8 Å². The first kappa shape index (κ1) is 11.0. The molecule has 3 rings (SSSR count). The van der Waals surface area contributed by atoms with Crippen molar-refractivity contribution in [3.05, 3.63) is 66.7 Å². The third-order valence-corrected chi connectivity index (χ3v) is 3.30. The van der Waals surface area contributed by atoms with E-state index in [1.807, 2.05) is 18.2 Å². The van der Waals surface area contributed by atoms with Crippen molar-refractivity contribution in [1.29, 1.82) is 0 Å². The lowest BCUT2D eigenvalue weighted by Gasteiger charge is -2.09. The minimum Gasteiger partial charge on any atom is -0.248 e. The summed E-state index contributed by atoms with van der Waals surface area (Å²) in [7, 11) is 0. The molecule has 2 aromatic carbocycles. The molecule has 0 N–H and O–H groups in total. The smallest absolute Gasteiger partial charge is 0.0712 e. The lowest BCUT2D eigenvalue weighted by molar-refractivity contribution is 1.02. The zero-order valence-electron chi connectivity index (χ0n) is 10.3. The summed E-state index contributed by atoms with van der Waals surface area (Å²) in [6, 6.07) is 16.7. The third-order valence-electron chi connectivity index (χ3n) is 3.30. The molecule has 1 heteroatoms. The van der Waals surface area contributed by atoms with Crippen LogP contribution in [-0.2, 0) is 6.42 Å². The van der Waals surface area contributed by atoms with Gasteiger partial charge < -0.3 is 0 Å². The standard InChI is InChI=1S/C17H15N/c1-2-3-8-13-14-9-4-6-11-16(14)18-17-12-7-5-10-15(13)17/h2,4-7,9-12H,1,3,8H2. The van der Waals surface area contributed by atoms with Crippen LogP contribution in [0.15, 0.2) is 61.2 Å². The van der Waals surface area contributed by atoms with E-state index in [1.165, 1.54) is 16.3 Å². The van der Waals surface area contributed by atoms with Gasteiger partial charge in [-0.2, -0.15) is 0 Å². The second-order valence-corrected chi connectivity index (χ2v) is 4.45. The Hall–Kier alpha value is -2.15. The van der Waals surface area contributed by atoms with Gasteiger partial charge in [-0.05, 0) is 30.5 Å². The van der Waals surface area contributed by atoms with Crippen molar-refractivity contribution in [3.63, 3.8) is 0 Å². The lowest BCUT2D eigenvalue weighted by atomic mass is 9.99. The quantitative estimate of drug-likeness (QED) is 0.479. The highest BCUT2D eigenvalue weighted by Crippen LogP contribution is 2.26. The van der Waals surface area contributed by atoms with Gasteiger partial charge in [-0.1, -0.05) is 42.5 Å². The van der Waals surface area contributed by atoms with Gasteiger partial charge in [0.2, 0.25) is 0 Å². The molecule has 0 unspecified atom stereocenters. The zero-order valence-corrected chi connectivity index (χ0v) is 10.3. The molecule has 0 fully saturated rings. The van der Waals surface area contributed by atoms with Crippen molar-refractivity contribution in [2.75, 3.05) is 0 Å². The van der Waals surface area contributed by atoms with Crippen LogP contribution in [0.4, 0.5) is 0 Å². The number of nitrogens with zero attached hydrogens (tertiary/aromatic N) is 1. The molecule has 0 aliphatic rings. The van der Waals surface area contributed by atoms with Crippen LogP contribution in [0.5, 0.6) is 0 Å². The van der Waals surface area contributed by atoms with Crippen LogP contribution < -0.4 is 0 Å². The predicted octanol–water partition coefficient (Wildman–Crippen LogP) is 4.51. The van der Waals surface area contributed by atoms with Gasteiger partial charge in [0.1, 0.15) is 0 Å². The van der Waals surface area contributed by atoms with Crippen molar-refractivity contribution < 1.29 is 0 Å². The van der Waals surface area contributed by atoms with Gasteiger partial charge in [0.05, 0.1) is 11.0 Å². The molecule has 0 saturated carbocycles. The maximum Gasteiger partial charge on any atom is 0.0712 e. The number of rotatable bonds is 3. The van der Waals surface area contributed by atoms with E-state index < -0.39 is 0 Å². The zero-order chi connectivity index (χ0) is 12.4. The number of aryl methyl sites for hydroxylation is 1. The Balaban J connectivity index is 2.37. The Bertz CT molecular complexity index is 659. The summed E-state index contributed by atoms with van der Waals surface area (Å²) < 4.78 is 0. The van der Waals surface area contributed by atoms with Crippen molar-refractivity contribution in [3.8, 4) is 0 Å². The summed E-state index contributed by atoms with van der Waals surface area (Å²) in [6.07, 6.45) is 4.00. The highest BCUT2D eigenvalue weighted by atomic mass is 14.7. The summed E-state index contributed by atoms with van der Waals surface area (Å²) in [4.78, 5) is 4.72. The van der Waals surface area contributed by atoms with Crippen LogP contribution in [0.2, 0.25) is 0 Å². The third kappa shape index (κ3) is 1.78. The number of benzene rings is 2. The molecule has 18 heavy (non-hydrogen) atoms. The van der Waals surface area contributed by atoms with E-state index in [-0.39, 0.29) is 0 Å². The highest BCUT2D eigenvalue weighted by Gasteiger charge is 2.07. The van der Waals surface area contributed by atoms with E-state index in [9.17, 15) is 0 Å². The molecule has 0 radical (unpaired) electrons. The molecule has 0 saturated heterocycles. The molecule has 0 aliphatic carbocycles. The van der Waals surface area contributed by atoms with Crippen LogP contribution in [0, 0.1) is 0 Å². The first-order valence-electron chi connectivity index (χ1n) is 6.27. The first-order valence-corrected chi connectivity index (χ1v) is 6.27. The number of allylic oxidation sites excluding steroid dienone is 1. The Morgan fingerprint density at radius 3 is 2.00 bits per heavy atom. The molecule has 3 aromatic rings. The first-order chi connectivity index (χ1) is 8.90. The minimum absolute atomic E-state index is 0.998. The fraction of sp³-hybridized carbons (Fsp3) is 0.118. The second-order valence-electron chi connectivity index (χ2n) is 4.45. The molecule has 1 nitrogen and oxygen atoms in total. The highest BCUT2D eigenvalue weighted by molar-refractivity contribution is 5.97. The molecular formula is C17H15N. The number of hydrogen-bond acceptors (Lipinski definition) is 1. The summed E-state index contributed by atoms with van der Waals surface area (Å²) >= 11 is 0. The Kier molecular flexibility index (Phi) is 2.81. The molecule has 88 valence electrons. The average molecular weight is 233 g/mol. The summed E-state index contributed by atoms with van der Waals surface area (Å²) in [5, 5.41) is 2.52. The van der Waals surface area contributed by atoms with Crippen molar-refractivity contribution >= 4 is 21.8 Å². The molecule has 1 aromatic heterocycles. The maximum atomic E-state index is 4.72. The molecule has 1 heterocycles. The Morgan fingerprint density at radius 2 is 1.44 bits per heavy atom. The van der Waals surface area contributed by atoms with Crippen LogP contribution in [-0.4, -0.2) is 4.98 Å². The second kappa shape index (κ2) is 4.61. The molecule has 0 bridgehead atoms. The van der Waals surface area contributed by atoms with Crippen LogP contribution >= 0.6 is 0 Å². The van der Waals surface area contributed by atoms with Crippen molar-refractivity contribution in [2.45, 2.75) is 12.8 Å². The van der Waals surface area contributed by atoms with E-state index in [0.717, 1.165) is 23.9 Å². The van der Waals surface area contributed by atoms with E-state index in [0.29, 0.717) is 0 Å². The normalized spacial score (nSPS) is 10.9. The van der Waals surface area contributed by atoms with Crippen molar-refractivity contribution in [2.24, 2.45) is 0 Å². The fourth-order valence-electron chi connectivity index (χ4n) is 2.44. The SMILES string of the molecule is C=CCCc1c2ccccc2nc2ccccc12. The number of pyridine rings is 1. The average Bonchev–Trinajstić information content (AvgIpc) is 2.43. The van der Waals surface area contributed by atoms with E-state index in [2.05, 4.69) is 43.0 Å². The number of fused-ring (bicyclic) bond motifs is 2. The molecule has 0 spiro atoms. The van der Waals surface area contributed by atoms with E-state index in [1.54, 1.807) is 0 Å². The van der Waals surface area contributed by atoms with Gasteiger partial charge in [-0.15, -0.1) is 6.58 Å². The predicted molar refractivity (Wildman–Crippen MR) is 77.8 cm³/mol.